The molecule has 4 nitrogen and oxygen atoms in total. The van der Waals surface area contributed by atoms with E-state index in [-0.39, 0.29) is 11.4 Å². The van der Waals surface area contributed by atoms with Gasteiger partial charge in [-0.25, -0.2) is 4.79 Å². The lowest BCUT2D eigenvalue weighted by atomic mass is 9.70. The molecular weight excluding hydrogens is 338 g/mol. The maximum Gasteiger partial charge on any atom is 0.339 e. The van der Waals surface area contributed by atoms with Gasteiger partial charge in [0, 0.05) is 23.1 Å². The van der Waals surface area contributed by atoms with Gasteiger partial charge in [-0.1, -0.05) is 43.3 Å². The number of methoxy groups -OCH3 is 1. The second-order valence-corrected chi connectivity index (χ2v) is 7.64. The number of hydrogen-bond donors (Lipinski definition) is 0. The number of carbonyl (C=O) groups excluding carboxylic acids is 1. The zero-order chi connectivity index (χ0) is 18.9. The van der Waals surface area contributed by atoms with Gasteiger partial charge in [0.05, 0.1) is 12.7 Å². The Morgan fingerprint density at radius 1 is 1.11 bits per heavy atom. The summed E-state index contributed by atoms with van der Waals surface area (Å²) < 4.78 is 11.0. The number of carbonyl (C=O) groups is 1. The highest BCUT2D eigenvalue weighted by atomic mass is 16.5. The van der Waals surface area contributed by atoms with E-state index in [4.69, 9.17) is 9.47 Å². The first-order valence-electron chi connectivity index (χ1n) is 9.80. The number of cyclic esters (lactones) is 1. The van der Waals surface area contributed by atoms with Gasteiger partial charge in [0.1, 0.15) is 12.4 Å². The average molecular weight is 365 g/mol. The monoisotopic (exact) mass is 365 g/mol. The molecule has 0 aliphatic carbocycles. The SMILES string of the molecule is CCC1(c2ccc3c(c2OC)COC3=O)CCN(Cc2ccccc2)CC1. The van der Waals surface area contributed by atoms with Crippen molar-refractivity contribution in [3.05, 3.63) is 64.7 Å². The smallest absolute Gasteiger partial charge is 0.339 e. The largest absolute Gasteiger partial charge is 0.496 e. The molecule has 2 heterocycles. The van der Waals surface area contributed by atoms with E-state index >= 15 is 0 Å². The van der Waals surface area contributed by atoms with Gasteiger partial charge >= 0.3 is 5.97 Å². The van der Waals surface area contributed by atoms with E-state index in [0.29, 0.717) is 12.2 Å². The molecule has 2 aliphatic heterocycles. The predicted octanol–water partition coefficient (Wildman–Crippen LogP) is 4.31. The van der Waals surface area contributed by atoms with E-state index in [0.717, 1.165) is 50.2 Å². The van der Waals surface area contributed by atoms with E-state index in [1.54, 1.807) is 7.11 Å². The molecule has 0 radical (unpaired) electrons. The van der Waals surface area contributed by atoms with Crippen LogP contribution in [0.1, 0.15) is 53.2 Å². The molecule has 0 amide bonds. The molecule has 0 atom stereocenters. The Balaban J connectivity index is 1.57. The van der Waals surface area contributed by atoms with E-state index in [1.165, 1.54) is 11.1 Å². The van der Waals surface area contributed by atoms with Crippen LogP contribution in [0.25, 0.3) is 0 Å². The minimum absolute atomic E-state index is 0.0964. The molecule has 0 saturated carbocycles. The van der Waals surface area contributed by atoms with Crippen molar-refractivity contribution in [1.29, 1.82) is 0 Å². The van der Waals surface area contributed by atoms with Crippen molar-refractivity contribution in [1.82, 2.24) is 4.90 Å². The van der Waals surface area contributed by atoms with Crippen LogP contribution in [-0.2, 0) is 23.3 Å². The summed E-state index contributed by atoms with van der Waals surface area (Å²) in [6, 6.07) is 14.7. The Kier molecular flexibility index (Phi) is 4.92. The Bertz CT molecular complexity index is 823. The van der Waals surface area contributed by atoms with E-state index in [1.807, 2.05) is 6.07 Å². The summed E-state index contributed by atoms with van der Waals surface area (Å²) >= 11 is 0. The molecule has 4 heteroatoms. The van der Waals surface area contributed by atoms with Gasteiger partial charge in [-0.3, -0.25) is 4.90 Å². The number of rotatable bonds is 5. The zero-order valence-electron chi connectivity index (χ0n) is 16.2. The molecular formula is C23H27NO3. The van der Waals surface area contributed by atoms with Crippen LogP contribution in [-0.4, -0.2) is 31.1 Å². The van der Waals surface area contributed by atoms with Crippen LogP contribution in [0.2, 0.25) is 0 Å². The quantitative estimate of drug-likeness (QED) is 0.740. The highest BCUT2D eigenvalue weighted by Gasteiger charge is 2.39. The maximum atomic E-state index is 11.9. The van der Waals surface area contributed by atoms with Gasteiger partial charge in [-0.05, 0) is 44.0 Å². The number of likely N-dealkylation sites (tertiary alicyclic amines) is 1. The van der Waals surface area contributed by atoms with Gasteiger partial charge in [-0.2, -0.15) is 0 Å². The van der Waals surface area contributed by atoms with Crippen LogP contribution in [0.3, 0.4) is 0 Å². The molecule has 1 saturated heterocycles. The topological polar surface area (TPSA) is 38.8 Å². The van der Waals surface area contributed by atoms with Crippen molar-refractivity contribution in [2.75, 3.05) is 20.2 Å². The van der Waals surface area contributed by atoms with Crippen molar-refractivity contribution in [3.8, 4) is 5.75 Å². The Hall–Kier alpha value is -2.33. The minimum atomic E-state index is -0.238. The van der Waals surface area contributed by atoms with Gasteiger partial charge in [0.2, 0.25) is 0 Å². The summed E-state index contributed by atoms with van der Waals surface area (Å²) in [5.74, 6) is 0.620. The van der Waals surface area contributed by atoms with Crippen molar-refractivity contribution < 1.29 is 14.3 Å². The van der Waals surface area contributed by atoms with Crippen LogP contribution >= 0.6 is 0 Å². The van der Waals surface area contributed by atoms with E-state index in [2.05, 4.69) is 48.2 Å². The highest BCUT2D eigenvalue weighted by Crippen LogP contribution is 2.46. The fraction of sp³-hybridized carbons (Fsp3) is 0.435. The second kappa shape index (κ2) is 7.35. The second-order valence-electron chi connectivity index (χ2n) is 7.64. The lowest BCUT2D eigenvalue weighted by Gasteiger charge is -2.42. The third kappa shape index (κ3) is 3.23. The highest BCUT2D eigenvalue weighted by molar-refractivity contribution is 5.94. The fourth-order valence-corrected chi connectivity index (χ4v) is 4.62. The Labute approximate surface area is 161 Å². The lowest BCUT2D eigenvalue weighted by Crippen LogP contribution is -2.42. The number of piperidine rings is 1. The molecule has 142 valence electrons. The minimum Gasteiger partial charge on any atom is -0.496 e. The first kappa shape index (κ1) is 18.1. The van der Waals surface area contributed by atoms with Crippen molar-refractivity contribution >= 4 is 5.97 Å². The maximum absolute atomic E-state index is 11.9. The third-order valence-corrected chi connectivity index (χ3v) is 6.34. The average Bonchev–Trinajstić information content (AvgIpc) is 3.10. The first-order valence-corrected chi connectivity index (χ1v) is 9.80. The van der Waals surface area contributed by atoms with Crippen molar-refractivity contribution in [2.45, 2.75) is 44.8 Å². The normalized spacial score (nSPS) is 18.8. The first-order chi connectivity index (χ1) is 13.2. The van der Waals surface area contributed by atoms with Gasteiger partial charge in [0.25, 0.3) is 0 Å². The van der Waals surface area contributed by atoms with E-state index < -0.39 is 0 Å². The lowest BCUT2D eigenvalue weighted by molar-refractivity contribution is 0.0534. The number of nitrogens with zero attached hydrogens (tertiary/aromatic N) is 1. The summed E-state index contributed by atoms with van der Waals surface area (Å²) in [5, 5.41) is 0. The molecule has 0 N–H and O–H groups in total. The molecule has 4 rings (SSSR count). The number of benzene rings is 2. The number of ether oxygens (including phenoxy) is 2. The summed E-state index contributed by atoms with van der Waals surface area (Å²) in [7, 11) is 1.70. The summed E-state index contributed by atoms with van der Waals surface area (Å²) in [6.45, 7) is 5.73. The third-order valence-electron chi connectivity index (χ3n) is 6.34. The molecule has 0 bridgehead atoms. The van der Waals surface area contributed by atoms with Crippen molar-refractivity contribution in [3.63, 3.8) is 0 Å². The molecule has 0 aromatic heterocycles. The zero-order valence-corrected chi connectivity index (χ0v) is 16.2. The molecule has 2 aromatic carbocycles. The van der Waals surface area contributed by atoms with Crippen LogP contribution in [0.4, 0.5) is 0 Å². The molecule has 0 spiro atoms. The van der Waals surface area contributed by atoms with Crippen LogP contribution in [0, 0.1) is 0 Å². The van der Waals surface area contributed by atoms with Crippen molar-refractivity contribution in [2.24, 2.45) is 0 Å². The Morgan fingerprint density at radius 2 is 1.85 bits per heavy atom. The predicted molar refractivity (Wildman–Crippen MR) is 105 cm³/mol. The van der Waals surface area contributed by atoms with Crippen LogP contribution in [0.15, 0.2) is 42.5 Å². The van der Waals surface area contributed by atoms with Gasteiger partial charge in [0.15, 0.2) is 0 Å². The fourth-order valence-electron chi connectivity index (χ4n) is 4.62. The molecule has 0 unspecified atom stereocenters. The van der Waals surface area contributed by atoms with Crippen LogP contribution < -0.4 is 4.74 Å². The van der Waals surface area contributed by atoms with E-state index in [9.17, 15) is 4.79 Å². The summed E-state index contributed by atoms with van der Waals surface area (Å²) in [4.78, 5) is 14.4. The number of esters is 1. The molecule has 1 fully saturated rings. The van der Waals surface area contributed by atoms with Gasteiger partial charge < -0.3 is 9.47 Å². The number of fused-ring (bicyclic) bond motifs is 1. The summed E-state index contributed by atoms with van der Waals surface area (Å²) in [6.07, 6.45) is 3.26. The number of hydrogen-bond acceptors (Lipinski definition) is 4. The van der Waals surface area contributed by atoms with Gasteiger partial charge in [-0.15, -0.1) is 0 Å². The Morgan fingerprint density at radius 3 is 2.52 bits per heavy atom. The van der Waals surface area contributed by atoms with Crippen LogP contribution in [0.5, 0.6) is 5.75 Å². The molecule has 27 heavy (non-hydrogen) atoms. The molecule has 2 aromatic rings. The summed E-state index contributed by atoms with van der Waals surface area (Å²) in [5.41, 5.74) is 4.28. The molecule has 2 aliphatic rings. The standard InChI is InChI=1S/C23H27NO3/c1-3-23(11-13-24(14-12-23)15-17-7-5-4-6-8-17)20-10-9-18-19(21(20)26-2)16-27-22(18)25/h4-10H,3,11-16H2,1-2H3.